The molecule has 1 aliphatic carbocycles. The minimum Gasteiger partial charge on any atom is -0.405 e. The van der Waals surface area contributed by atoms with Crippen LogP contribution in [0.2, 0.25) is 0 Å². The van der Waals surface area contributed by atoms with E-state index in [4.69, 9.17) is 19.6 Å². The SMILES string of the molecule is N#Cc1ccc(OP(=O)(NC2CCCCCCC2)Oc2ccc(C#N)cc2)cc1. The number of nitriles is 2. The zero-order valence-corrected chi connectivity index (χ0v) is 17.1. The van der Waals surface area contributed by atoms with E-state index >= 15 is 0 Å². The van der Waals surface area contributed by atoms with E-state index < -0.39 is 7.75 Å². The molecular formula is C22H24N3O3P. The fourth-order valence-electron chi connectivity index (χ4n) is 3.34. The fraction of sp³-hybridized carbons (Fsp3) is 0.364. The van der Waals surface area contributed by atoms with Crippen LogP contribution in [0, 0.1) is 22.7 Å². The van der Waals surface area contributed by atoms with Crippen molar-refractivity contribution < 1.29 is 13.6 Å². The van der Waals surface area contributed by atoms with Crippen molar-refractivity contribution in [3.05, 3.63) is 59.7 Å². The molecule has 0 bridgehead atoms. The zero-order chi connectivity index (χ0) is 20.5. The van der Waals surface area contributed by atoms with Crippen molar-refractivity contribution in [3.63, 3.8) is 0 Å². The normalized spacial score (nSPS) is 15.4. The standard InChI is InChI=1S/C22H24N3O3P/c23-16-18-8-12-21(13-9-18)27-29(26,25-20-6-4-2-1-3-5-7-20)28-22-14-10-19(17-24)11-15-22/h8-15,20H,1-7H2,(H,25,26). The average molecular weight is 409 g/mol. The van der Waals surface area contributed by atoms with Crippen molar-refractivity contribution in [2.75, 3.05) is 0 Å². The summed E-state index contributed by atoms with van der Waals surface area (Å²) in [5.74, 6) is 0.721. The monoisotopic (exact) mass is 409 g/mol. The Bertz CT molecular complexity index is 858. The third-order valence-corrected chi connectivity index (χ3v) is 6.45. The third-order valence-electron chi connectivity index (χ3n) is 4.86. The van der Waals surface area contributed by atoms with Gasteiger partial charge >= 0.3 is 7.75 Å². The second-order valence-electron chi connectivity index (χ2n) is 7.12. The van der Waals surface area contributed by atoms with Gasteiger partial charge in [0.05, 0.1) is 23.3 Å². The molecule has 0 atom stereocenters. The summed E-state index contributed by atoms with van der Waals surface area (Å²) < 4.78 is 25.2. The molecule has 0 unspecified atom stereocenters. The predicted octanol–water partition coefficient (Wildman–Crippen LogP) is 5.70. The summed E-state index contributed by atoms with van der Waals surface area (Å²) in [6.45, 7) is 0. The van der Waals surface area contributed by atoms with Gasteiger partial charge in [-0.1, -0.05) is 32.1 Å². The Morgan fingerprint density at radius 3 is 1.59 bits per heavy atom. The van der Waals surface area contributed by atoms with Crippen molar-refractivity contribution >= 4 is 7.75 Å². The molecule has 150 valence electrons. The van der Waals surface area contributed by atoms with E-state index in [1.807, 2.05) is 12.1 Å². The maximum absolute atomic E-state index is 13.6. The van der Waals surface area contributed by atoms with Gasteiger partial charge in [-0.05, 0) is 61.4 Å². The Hall–Kier alpha value is -2.79. The Balaban J connectivity index is 1.80. The number of nitrogens with one attached hydrogen (secondary N) is 1. The summed E-state index contributed by atoms with van der Waals surface area (Å²) >= 11 is 0. The lowest BCUT2D eigenvalue weighted by Crippen LogP contribution is -2.31. The highest BCUT2D eigenvalue weighted by Crippen LogP contribution is 2.46. The van der Waals surface area contributed by atoms with Crippen LogP contribution < -0.4 is 14.1 Å². The van der Waals surface area contributed by atoms with Crippen LogP contribution in [0.5, 0.6) is 11.5 Å². The van der Waals surface area contributed by atoms with Crippen LogP contribution in [0.15, 0.2) is 48.5 Å². The van der Waals surface area contributed by atoms with Crippen LogP contribution in [-0.4, -0.2) is 6.04 Å². The van der Waals surface area contributed by atoms with Crippen molar-refractivity contribution in [1.82, 2.24) is 5.09 Å². The second kappa shape index (κ2) is 10.1. The zero-order valence-electron chi connectivity index (χ0n) is 16.2. The molecule has 0 amide bonds. The second-order valence-corrected chi connectivity index (χ2v) is 8.74. The van der Waals surface area contributed by atoms with Gasteiger partial charge in [0.25, 0.3) is 0 Å². The minimum atomic E-state index is -3.73. The van der Waals surface area contributed by atoms with Crippen molar-refractivity contribution in [1.29, 1.82) is 10.5 Å². The van der Waals surface area contributed by atoms with Crippen LogP contribution in [0.25, 0.3) is 0 Å². The van der Waals surface area contributed by atoms with Gasteiger partial charge in [-0.2, -0.15) is 15.6 Å². The molecule has 1 N–H and O–H groups in total. The first-order chi connectivity index (χ1) is 14.1. The molecular weight excluding hydrogens is 385 g/mol. The molecule has 0 heterocycles. The molecule has 7 heteroatoms. The molecule has 1 fully saturated rings. The fourth-order valence-corrected chi connectivity index (χ4v) is 4.98. The Labute approximate surface area is 171 Å². The van der Waals surface area contributed by atoms with E-state index in [-0.39, 0.29) is 6.04 Å². The summed E-state index contributed by atoms with van der Waals surface area (Å²) in [5.41, 5.74) is 0.987. The van der Waals surface area contributed by atoms with E-state index in [0.29, 0.717) is 22.6 Å². The van der Waals surface area contributed by atoms with Crippen LogP contribution >= 0.6 is 7.75 Å². The smallest absolute Gasteiger partial charge is 0.405 e. The lowest BCUT2D eigenvalue weighted by Gasteiger charge is -2.26. The largest absolute Gasteiger partial charge is 0.513 e. The first-order valence-electron chi connectivity index (χ1n) is 9.87. The number of rotatable bonds is 6. The molecule has 3 rings (SSSR count). The Morgan fingerprint density at radius 2 is 1.17 bits per heavy atom. The van der Waals surface area contributed by atoms with E-state index in [1.54, 1.807) is 48.5 Å². The molecule has 0 aromatic heterocycles. The van der Waals surface area contributed by atoms with Crippen LogP contribution in [0.4, 0.5) is 0 Å². The van der Waals surface area contributed by atoms with Crippen molar-refractivity contribution in [2.45, 2.75) is 51.0 Å². The highest BCUT2D eigenvalue weighted by Gasteiger charge is 2.32. The summed E-state index contributed by atoms with van der Waals surface area (Å²) in [5, 5.41) is 21.1. The maximum atomic E-state index is 13.6. The van der Waals surface area contributed by atoms with Gasteiger partial charge < -0.3 is 9.05 Å². The van der Waals surface area contributed by atoms with Gasteiger partial charge in [0.15, 0.2) is 0 Å². The van der Waals surface area contributed by atoms with Gasteiger partial charge in [0.1, 0.15) is 11.5 Å². The number of hydrogen-bond acceptors (Lipinski definition) is 5. The topological polar surface area (TPSA) is 95.1 Å². The summed E-state index contributed by atoms with van der Waals surface area (Å²) in [7, 11) is -3.73. The molecule has 0 aliphatic heterocycles. The molecule has 0 saturated heterocycles. The average Bonchev–Trinajstić information content (AvgIpc) is 2.71. The van der Waals surface area contributed by atoms with Crippen LogP contribution in [-0.2, 0) is 4.57 Å². The highest BCUT2D eigenvalue weighted by molar-refractivity contribution is 7.52. The van der Waals surface area contributed by atoms with Gasteiger partial charge in [-0.15, -0.1) is 0 Å². The first kappa shape index (κ1) is 20.9. The molecule has 1 aliphatic rings. The van der Waals surface area contributed by atoms with Gasteiger partial charge in [-0.25, -0.2) is 4.57 Å². The molecule has 1 saturated carbocycles. The lowest BCUT2D eigenvalue weighted by atomic mass is 9.97. The molecule has 2 aromatic rings. The van der Waals surface area contributed by atoms with Crippen molar-refractivity contribution in [3.8, 4) is 23.6 Å². The predicted molar refractivity (Wildman–Crippen MR) is 110 cm³/mol. The van der Waals surface area contributed by atoms with E-state index in [2.05, 4.69) is 5.09 Å². The number of benzene rings is 2. The van der Waals surface area contributed by atoms with Gasteiger partial charge in [0, 0.05) is 6.04 Å². The van der Waals surface area contributed by atoms with Crippen molar-refractivity contribution in [2.24, 2.45) is 0 Å². The molecule has 0 radical (unpaired) electrons. The molecule has 29 heavy (non-hydrogen) atoms. The number of hydrogen-bond donors (Lipinski definition) is 1. The number of nitrogens with zero attached hydrogens (tertiary/aromatic N) is 2. The molecule has 6 nitrogen and oxygen atoms in total. The lowest BCUT2D eigenvalue weighted by molar-refractivity contribution is 0.342. The van der Waals surface area contributed by atoms with Crippen LogP contribution in [0.3, 0.4) is 0 Å². The maximum Gasteiger partial charge on any atom is 0.513 e. The minimum absolute atomic E-state index is 0.0397. The summed E-state index contributed by atoms with van der Waals surface area (Å²) in [4.78, 5) is 0. The highest BCUT2D eigenvalue weighted by atomic mass is 31.2. The summed E-state index contributed by atoms with van der Waals surface area (Å²) in [6, 6.07) is 17.0. The van der Waals surface area contributed by atoms with E-state index in [1.165, 1.54) is 19.3 Å². The Kier molecular flexibility index (Phi) is 7.30. The van der Waals surface area contributed by atoms with E-state index in [9.17, 15) is 4.57 Å². The Morgan fingerprint density at radius 1 is 0.759 bits per heavy atom. The van der Waals surface area contributed by atoms with E-state index in [0.717, 1.165) is 25.7 Å². The quantitative estimate of drug-likeness (QED) is 0.615. The summed E-state index contributed by atoms with van der Waals surface area (Å²) in [6.07, 6.45) is 7.57. The molecule has 0 spiro atoms. The van der Waals surface area contributed by atoms with Crippen LogP contribution in [0.1, 0.15) is 56.1 Å². The third kappa shape index (κ3) is 6.36. The molecule has 2 aromatic carbocycles. The van der Waals surface area contributed by atoms with Gasteiger partial charge in [-0.3, -0.25) is 0 Å². The first-order valence-corrected chi connectivity index (χ1v) is 11.4. The van der Waals surface area contributed by atoms with Gasteiger partial charge in [0.2, 0.25) is 0 Å².